The third-order valence-electron chi connectivity index (χ3n) is 5.06. The Kier molecular flexibility index (Phi) is 6.03. The van der Waals surface area contributed by atoms with Crippen LogP contribution < -0.4 is 5.32 Å². The SMILES string of the molecule is Cc1ncc(-c2nc(NC(C)C)cc(C3CCCN(C(=O)c4cccnc4)C3)n2)s1. The molecule has 3 aromatic heterocycles. The summed E-state index contributed by atoms with van der Waals surface area (Å²) in [5.41, 5.74) is 1.60. The number of hydrogen-bond acceptors (Lipinski definition) is 7. The molecule has 3 aromatic rings. The Hall–Kier alpha value is -2.87. The fourth-order valence-corrected chi connectivity index (χ4v) is 4.41. The second kappa shape index (κ2) is 8.87. The van der Waals surface area contributed by atoms with Gasteiger partial charge in [0.25, 0.3) is 5.91 Å². The van der Waals surface area contributed by atoms with Crippen molar-refractivity contribution < 1.29 is 4.79 Å². The minimum absolute atomic E-state index is 0.0284. The van der Waals surface area contributed by atoms with Crippen molar-refractivity contribution in [1.82, 2.24) is 24.8 Å². The molecule has 0 radical (unpaired) electrons. The van der Waals surface area contributed by atoms with Gasteiger partial charge in [-0.25, -0.2) is 15.0 Å². The van der Waals surface area contributed by atoms with E-state index in [-0.39, 0.29) is 17.9 Å². The fourth-order valence-electron chi connectivity index (χ4n) is 3.69. The number of aromatic nitrogens is 4. The summed E-state index contributed by atoms with van der Waals surface area (Å²) in [5, 5.41) is 4.39. The minimum Gasteiger partial charge on any atom is -0.368 e. The van der Waals surface area contributed by atoms with Gasteiger partial charge in [0.2, 0.25) is 0 Å². The predicted octanol–water partition coefficient (Wildman–Crippen LogP) is 4.14. The van der Waals surface area contributed by atoms with Gasteiger partial charge < -0.3 is 10.2 Å². The highest BCUT2D eigenvalue weighted by Crippen LogP contribution is 2.31. The van der Waals surface area contributed by atoms with Crippen molar-refractivity contribution in [3.05, 3.63) is 53.1 Å². The Morgan fingerprint density at radius 1 is 1.30 bits per heavy atom. The van der Waals surface area contributed by atoms with E-state index < -0.39 is 0 Å². The summed E-state index contributed by atoms with van der Waals surface area (Å²) in [4.78, 5) is 33.8. The van der Waals surface area contributed by atoms with Gasteiger partial charge in [-0.05, 0) is 45.7 Å². The van der Waals surface area contributed by atoms with Crippen LogP contribution in [-0.2, 0) is 0 Å². The average molecular weight is 423 g/mol. The molecule has 1 unspecified atom stereocenters. The van der Waals surface area contributed by atoms with Crippen LogP contribution in [0, 0.1) is 6.92 Å². The number of likely N-dealkylation sites (tertiary alicyclic amines) is 1. The van der Waals surface area contributed by atoms with E-state index in [1.807, 2.05) is 30.2 Å². The molecule has 1 aliphatic heterocycles. The number of aryl methyl sites for hydroxylation is 1. The third kappa shape index (κ3) is 4.64. The van der Waals surface area contributed by atoms with Gasteiger partial charge >= 0.3 is 0 Å². The Bertz CT molecular complexity index is 1020. The molecule has 0 saturated carbocycles. The van der Waals surface area contributed by atoms with Crippen LogP contribution in [0.15, 0.2) is 36.8 Å². The summed E-state index contributed by atoms with van der Waals surface area (Å²) < 4.78 is 0. The number of pyridine rings is 1. The van der Waals surface area contributed by atoms with Crippen LogP contribution in [-0.4, -0.2) is 49.9 Å². The van der Waals surface area contributed by atoms with Gasteiger partial charge in [0, 0.05) is 49.7 Å². The first kappa shape index (κ1) is 20.4. The lowest BCUT2D eigenvalue weighted by Gasteiger charge is -2.32. The lowest BCUT2D eigenvalue weighted by Crippen LogP contribution is -2.39. The number of carbonyl (C=O) groups excluding carboxylic acids is 1. The number of anilines is 1. The van der Waals surface area contributed by atoms with Gasteiger partial charge in [0.1, 0.15) is 5.82 Å². The molecule has 1 aliphatic rings. The second-order valence-corrected chi connectivity index (χ2v) is 9.11. The van der Waals surface area contributed by atoms with Crippen LogP contribution in [0.1, 0.15) is 53.7 Å². The molecule has 0 aromatic carbocycles. The summed E-state index contributed by atoms with van der Waals surface area (Å²) in [6.07, 6.45) is 7.09. The van der Waals surface area contributed by atoms with Crippen molar-refractivity contribution in [1.29, 1.82) is 0 Å². The number of nitrogens with zero attached hydrogens (tertiary/aromatic N) is 5. The monoisotopic (exact) mass is 422 g/mol. The summed E-state index contributed by atoms with van der Waals surface area (Å²) in [7, 11) is 0. The highest BCUT2D eigenvalue weighted by molar-refractivity contribution is 7.14. The van der Waals surface area contributed by atoms with Crippen LogP contribution in [0.2, 0.25) is 0 Å². The molecule has 1 atom stereocenters. The number of nitrogens with one attached hydrogen (secondary N) is 1. The van der Waals surface area contributed by atoms with Crippen molar-refractivity contribution >= 4 is 23.1 Å². The maximum Gasteiger partial charge on any atom is 0.255 e. The molecule has 1 N–H and O–H groups in total. The molecule has 1 amide bonds. The number of thiazole rings is 1. The standard InChI is InChI=1S/C22H26N6OS/c1-14(2)25-20-10-18(26-21(27-20)19-12-24-15(3)30-19)17-7-5-9-28(13-17)22(29)16-6-4-8-23-11-16/h4,6,8,10-12,14,17H,5,7,9,13H2,1-3H3,(H,25,26,27). The molecular formula is C22H26N6OS. The zero-order chi connectivity index (χ0) is 21.1. The molecule has 4 rings (SSSR count). The van der Waals surface area contributed by atoms with Crippen LogP contribution in [0.25, 0.3) is 10.7 Å². The topological polar surface area (TPSA) is 83.9 Å². The van der Waals surface area contributed by atoms with Gasteiger partial charge in [-0.15, -0.1) is 11.3 Å². The van der Waals surface area contributed by atoms with Crippen molar-refractivity contribution in [3.63, 3.8) is 0 Å². The Morgan fingerprint density at radius 2 is 2.17 bits per heavy atom. The molecule has 0 spiro atoms. The number of hydrogen-bond donors (Lipinski definition) is 1. The molecule has 4 heterocycles. The molecule has 0 aliphatic carbocycles. The predicted molar refractivity (Wildman–Crippen MR) is 119 cm³/mol. The molecule has 7 nitrogen and oxygen atoms in total. The first-order valence-electron chi connectivity index (χ1n) is 10.3. The van der Waals surface area contributed by atoms with Crippen molar-refractivity contribution in [3.8, 4) is 10.7 Å². The Labute approximate surface area is 180 Å². The zero-order valence-corrected chi connectivity index (χ0v) is 18.3. The number of amides is 1. The molecular weight excluding hydrogens is 396 g/mol. The van der Waals surface area contributed by atoms with E-state index in [0.717, 1.165) is 40.8 Å². The van der Waals surface area contributed by atoms with E-state index in [0.29, 0.717) is 17.9 Å². The van der Waals surface area contributed by atoms with Gasteiger partial charge in [-0.3, -0.25) is 9.78 Å². The molecule has 8 heteroatoms. The lowest BCUT2D eigenvalue weighted by atomic mass is 9.94. The first-order valence-corrected chi connectivity index (χ1v) is 11.1. The van der Waals surface area contributed by atoms with Crippen LogP contribution >= 0.6 is 11.3 Å². The van der Waals surface area contributed by atoms with E-state index in [9.17, 15) is 4.79 Å². The van der Waals surface area contributed by atoms with Crippen LogP contribution in [0.3, 0.4) is 0 Å². The molecule has 0 bridgehead atoms. The van der Waals surface area contributed by atoms with Crippen LogP contribution in [0.4, 0.5) is 5.82 Å². The minimum atomic E-state index is 0.0284. The molecule has 156 valence electrons. The fraction of sp³-hybridized carbons (Fsp3) is 0.409. The van der Waals surface area contributed by atoms with E-state index in [1.54, 1.807) is 29.8 Å². The highest BCUT2D eigenvalue weighted by Gasteiger charge is 2.27. The highest BCUT2D eigenvalue weighted by atomic mass is 32.1. The third-order valence-corrected chi connectivity index (χ3v) is 5.97. The van der Waals surface area contributed by atoms with Crippen molar-refractivity contribution in [2.75, 3.05) is 18.4 Å². The number of rotatable bonds is 5. The Morgan fingerprint density at radius 3 is 2.87 bits per heavy atom. The second-order valence-electron chi connectivity index (χ2n) is 7.88. The molecule has 1 fully saturated rings. The van der Waals surface area contributed by atoms with Crippen molar-refractivity contribution in [2.45, 2.75) is 45.6 Å². The summed E-state index contributed by atoms with van der Waals surface area (Å²) >= 11 is 1.59. The van der Waals surface area contributed by atoms with Gasteiger partial charge in [0.05, 0.1) is 21.1 Å². The zero-order valence-electron chi connectivity index (χ0n) is 17.5. The summed E-state index contributed by atoms with van der Waals surface area (Å²) in [5.74, 6) is 1.70. The maximum absolute atomic E-state index is 12.9. The van der Waals surface area contributed by atoms with Gasteiger partial charge in [0.15, 0.2) is 5.82 Å². The smallest absolute Gasteiger partial charge is 0.255 e. The van der Waals surface area contributed by atoms with Gasteiger partial charge in [-0.1, -0.05) is 0 Å². The molecule has 30 heavy (non-hydrogen) atoms. The number of carbonyl (C=O) groups is 1. The van der Waals surface area contributed by atoms with E-state index >= 15 is 0 Å². The van der Waals surface area contributed by atoms with Crippen LogP contribution in [0.5, 0.6) is 0 Å². The van der Waals surface area contributed by atoms with E-state index in [1.165, 1.54) is 0 Å². The lowest BCUT2D eigenvalue weighted by molar-refractivity contribution is 0.0705. The number of piperidine rings is 1. The normalized spacial score (nSPS) is 16.7. The largest absolute Gasteiger partial charge is 0.368 e. The van der Waals surface area contributed by atoms with Crippen molar-refractivity contribution in [2.24, 2.45) is 0 Å². The quantitative estimate of drug-likeness (QED) is 0.665. The maximum atomic E-state index is 12.9. The van der Waals surface area contributed by atoms with E-state index in [4.69, 9.17) is 9.97 Å². The van der Waals surface area contributed by atoms with E-state index in [2.05, 4.69) is 29.1 Å². The Balaban J connectivity index is 1.62. The average Bonchev–Trinajstić information content (AvgIpc) is 3.19. The summed E-state index contributed by atoms with van der Waals surface area (Å²) in [6, 6.07) is 5.91. The summed E-state index contributed by atoms with van der Waals surface area (Å²) in [6.45, 7) is 7.56. The first-order chi connectivity index (χ1) is 14.5. The molecule has 1 saturated heterocycles. The van der Waals surface area contributed by atoms with Gasteiger partial charge in [-0.2, -0.15) is 0 Å².